The molecule has 0 aliphatic carbocycles. The molecule has 24 heavy (non-hydrogen) atoms. The molecule has 0 saturated carbocycles. The molecule has 1 saturated heterocycles. The van der Waals surface area contributed by atoms with Crippen molar-refractivity contribution < 1.29 is 19.1 Å². The second kappa shape index (κ2) is 6.54. The van der Waals surface area contributed by atoms with Crippen LogP contribution in [-0.2, 0) is 4.79 Å². The summed E-state index contributed by atoms with van der Waals surface area (Å²) in [5, 5.41) is 9.07. The van der Waals surface area contributed by atoms with Crippen molar-refractivity contribution in [3.8, 4) is 0 Å². The van der Waals surface area contributed by atoms with Crippen LogP contribution in [0.1, 0.15) is 15.9 Å². The van der Waals surface area contributed by atoms with Gasteiger partial charge in [0.25, 0.3) is 5.91 Å². The molecule has 2 aromatic rings. The van der Waals surface area contributed by atoms with E-state index in [1.807, 2.05) is 0 Å². The van der Waals surface area contributed by atoms with E-state index in [-0.39, 0.29) is 11.5 Å². The number of carbonyl (C=O) groups excluding carboxylic acids is 1. The molecule has 1 aliphatic rings. The van der Waals surface area contributed by atoms with Gasteiger partial charge in [0.2, 0.25) is 0 Å². The second-order valence-electron chi connectivity index (χ2n) is 4.93. The number of hydrogen-bond donors (Lipinski definition) is 1. The molecule has 1 aliphatic heterocycles. The Hall–Kier alpha value is -2.51. The molecule has 0 atom stereocenters. The third-order valence-electron chi connectivity index (χ3n) is 3.29. The Morgan fingerprint density at radius 2 is 1.96 bits per heavy atom. The van der Waals surface area contributed by atoms with Crippen molar-refractivity contribution in [2.24, 2.45) is 0 Å². The number of carbonyl (C=O) groups is 2. The molecule has 0 aromatic heterocycles. The predicted molar refractivity (Wildman–Crippen MR) is 95.5 cm³/mol. The third-order valence-corrected chi connectivity index (χ3v) is 4.59. The van der Waals surface area contributed by atoms with Gasteiger partial charge in [-0.1, -0.05) is 42.2 Å². The van der Waals surface area contributed by atoms with Gasteiger partial charge in [0, 0.05) is 0 Å². The highest BCUT2D eigenvalue weighted by molar-refractivity contribution is 8.27. The fraction of sp³-hybridized carbons (Fsp3) is 0. The van der Waals surface area contributed by atoms with Gasteiger partial charge in [-0.25, -0.2) is 9.18 Å². The zero-order valence-electron chi connectivity index (χ0n) is 12.1. The largest absolute Gasteiger partial charge is 0.478 e. The predicted octanol–water partition coefficient (Wildman–Crippen LogP) is 3.93. The van der Waals surface area contributed by atoms with Gasteiger partial charge in [0.05, 0.1) is 16.2 Å². The van der Waals surface area contributed by atoms with Gasteiger partial charge in [-0.2, -0.15) is 0 Å². The number of anilines is 1. The molecule has 4 nitrogen and oxygen atoms in total. The second-order valence-corrected chi connectivity index (χ2v) is 6.60. The summed E-state index contributed by atoms with van der Waals surface area (Å²) in [5.41, 5.74) is 1.01. The minimum absolute atomic E-state index is 0.0654. The van der Waals surface area contributed by atoms with Crippen molar-refractivity contribution >= 4 is 51.9 Å². The zero-order valence-corrected chi connectivity index (χ0v) is 13.7. The van der Waals surface area contributed by atoms with Gasteiger partial charge in [-0.15, -0.1) is 0 Å². The van der Waals surface area contributed by atoms with Crippen molar-refractivity contribution in [3.63, 3.8) is 0 Å². The van der Waals surface area contributed by atoms with Gasteiger partial charge in [0.1, 0.15) is 5.82 Å². The van der Waals surface area contributed by atoms with Gasteiger partial charge < -0.3 is 5.11 Å². The van der Waals surface area contributed by atoms with E-state index in [4.69, 9.17) is 17.3 Å². The molecule has 7 heteroatoms. The van der Waals surface area contributed by atoms with Crippen LogP contribution in [0.15, 0.2) is 53.4 Å². The van der Waals surface area contributed by atoms with E-state index in [1.54, 1.807) is 30.3 Å². The molecule has 2 aromatic carbocycles. The Labute approximate surface area is 146 Å². The van der Waals surface area contributed by atoms with E-state index >= 15 is 0 Å². The van der Waals surface area contributed by atoms with Crippen molar-refractivity contribution in [1.29, 1.82) is 0 Å². The first-order chi connectivity index (χ1) is 11.5. The van der Waals surface area contributed by atoms with Crippen LogP contribution in [0.4, 0.5) is 10.1 Å². The molecule has 0 bridgehead atoms. The molecular weight excluding hydrogens is 349 g/mol. The Balaban J connectivity index is 1.95. The maximum absolute atomic E-state index is 13.3. The number of nitrogens with zero attached hydrogens (tertiary/aromatic N) is 1. The molecule has 1 N–H and O–H groups in total. The quantitative estimate of drug-likeness (QED) is 0.665. The zero-order chi connectivity index (χ0) is 17.3. The number of carboxylic acids is 1. The highest BCUT2D eigenvalue weighted by Gasteiger charge is 2.33. The van der Waals surface area contributed by atoms with Crippen LogP contribution in [0.5, 0.6) is 0 Å². The lowest BCUT2D eigenvalue weighted by Crippen LogP contribution is -2.27. The number of thioether (sulfide) groups is 1. The molecule has 3 rings (SSSR count). The Morgan fingerprint density at radius 3 is 2.67 bits per heavy atom. The van der Waals surface area contributed by atoms with Crippen LogP contribution in [-0.4, -0.2) is 21.3 Å². The summed E-state index contributed by atoms with van der Waals surface area (Å²) in [6, 6.07) is 11.9. The van der Waals surface area contributed by atoms with Gasteiger partial charge >= 0.3 is 5.97 Å². The first-order valence-corrected chi connectivity index (χ1v) is 8.05. The number of rotatable bonds is 3. The summed E-state index contributed by atoms with van der Waals surface area (Å²) < 4.78 is 13.6. The van der Waals surface area contributed by atoms with E-state index in [0.29, 0.717) is 20.5 Å². The van der Waals surface area contributed by atoms with Gasteiger partial charge in [-0.05, 0) is 42.0 Å². The molecular formula is C17H10FNO3S2. The summed E-state index contributed by atoms with van der Waals surface area (Å²) in [6.07, 6.45) is 1.56. The van der Waals surface area contributed by atoms with E-state index in [1.165, 1.54) is 29.2 Å². The average Bonchev–Trinajstić information content (AvgIpc) is 2.81. The van der Waals surface area contributed by atoms with Crippen molar-refractivity contribution in [1.82, 2.24) is 0 Å². The van der Waals surface area contributed by atoms with Crippen LogP contribution < -0.4 is 4.90 Å². The summed E-state index contributed by atoms with van der Waals surface area (Å²) in [6.45, 7) is 0. The van der Waals surface area contributed by atoms with Crippen molar-refractivity contribution in [2.45, 2.75) is 0 Å². The van der Waals surface area contributed by atoms with Crippen molar-refractivity contribution in [3.05, 3.63) is 70.4 Å². The standard InChI is InChI=1S/C17H10FNO3S2/c18-12-5-1-3-10(7-12)8-14-15(20)19(17(23)24-14)13-6-2-4-11(9-13)16(21)22/h1-9H,(H,21,22)/b14-8+. The molecule has 120 valence electrons. The summed E-state index contributed by atoms with van der Waals surface area (Å²) in [5.74, 6) is -1.84. The van der Waals surface area contributed by atoms with Crippen LogP contribution in [0.2, 0.25) is 0 Å². The number of thiocarbonyl (C=S) groups is 1. The lowest BCUT2D eigenvalue weighted by molar-refractivity contribution is -0.113. The van der Waals surface area contributed by atoms with Crippen LogP contribution in [0, 0.1) is 5.82 Å². The van der Waals surface area contributed by atoms with Crippen molar-refractivity contribution in [2.75, 3.05) is 4.90 Å². The van der Waals surface area contributed by atoms with Gasteiger partial charge in [-0.3, -0.25) is 9.69 Å². The molecule has 0 unspecified atom stereocenters. The Kier molecular flexibility index (Phi) is 4.46. The number of carboxylic acid groups (broad SMARTS) is 1. The fourth-order valence-corrected chi connectivity index (χ4v) is 3.52. The first-order valence-electron chi connectivity index (χ1n) is 6.82. The van der Waals surface area contributed by atoms with Gasteiger partial charge in [0.15, 0.2) is 4.32 Å². The summed E-state index contributed by atoms with van der Waals surface area (Å²) in [7, 11) is 0. The summed E-state index contributed by atoms with van der Waals surface area (Å²) >= 11 is 6.32. The molecule has 1 fully saturated rings. The SMILES string of the molecule is O=C(O)c1cccc(N2C(=O)/C(=C\c3cccc(F)c3)SC2=S)c1. The number of halogens is 1. The molecule has 1 amide bonds. The normalized spacial score (nSPS) is 16.0. The lowest BCUT2D eigenvalue weighted by atomic mass is 10.2. The van der Waals surface area contributed by atoms with Crippen LogP contribution >= 0.6 is 24.0 Å². The first kappa shape index (κ1) is 16.4. The average molecular weight is 359 g/mol. The molecule has 0 spiro atoms. The lowest BCUT2D eigenvalue weighted by Gasteiger charge is -2.14. The maximum atomic E-state index is 13.3. The number of benzene rings is 2. The van der Waals surface area contributed by atoms with Crippen LogP contribution in [0.25, 0.3) is 6.08 Å². The minimum Gasteiger partial charge on any atom is -0.478 e. The van der Waals surface area contributed by atoms with E-state index in [2.05, 4.69) is 0 Å². The number of aromatic carboxylic acids is 1. The highest BCUT2D eigenvalue weighted by atomic mass is 32.2. The highest BCUT2D eigenvalue weighted by Crippen LogP contribution is 2.36. The molecule has 1 heterocycles. The third kappa shape index (κ3) is 3.22. The number of hydrogen-bond acceptors (Lipinski definition) is 4. The molecule has 0 radical (unpaired) electrons. The smallest absolute Gasteiger partial charge is 0.335 e. The van der Waals surface area contributed by atoms with E-state index in [9.17, 15) is 14.0 Å². The number of amides is 1. The van der Waals surface area contributed by atoms with Crippen LogP contribution in [0.3, 0.4) is 0 Å². The van der Waals surface area contributed by atoms with E-state index in [0.717, 1.165) is 11.8 Å². The van der Waals surface area contributed by atoms with E-state index < -0.39 is 11.8 Å². The Morgan fingerprint density at radius 1 is 1.21 bits per heavy atom. The Bertz CT molecular complexity index is 895. The monoisotopic (exact) mass is 359 g/mol. The minimum atomic E-state index is -1.09. The topological polar surface area (TPSA) is 57.6 Å². The summed E-state index contributed by atoms with van der Waals surface area (Å²) in [4.78, 5) is 25.3. The fourth-order valence-electron chi connectivity index (χ4n) is 2.22. The maximum Gasteiger partial charge on any atom is 0.335 e.